The lowest BCUT2D eigenvalue weighted by Gasteiger charge is -2.42. The third-order valence-corrected chi connectivity index (χ3v) is 5.49. The minimum atomic E-state index is -1.66. The van der Waals surface area contributed by atoms with Crippen molar-refractivity contribution in [1.82, 2.24) is 0 Å². The molecule has 5 N–H and O–H groups in total. The van der Waals surface area contributed by atoms with Crippen molar-refractivity contribution in [3.63, 3.8) is 0 Å². The lowest BCUT2D eigenvalue weighted by atomic mass is 9.82. The average molecular weight is 404 g/mol. The van der Waals surface area contributed by atoms with Crippen molar-refractivity contribution >= 4 is 11.8 Å². The Morgan fingerprint density at radius 1 is 1.14 bits per heavy atom. The number of rotatable bonds is 5. The molecule has 1 aliphatic carbocycles. The molecule has 0 radical (unpaired) electrons. The molecule has 0 aromatic carbocycles. The van der Waals surface area contributed by atoms with E-state index in [-0.39, 0.29) is 24.4 Å². The van der Waals surface area contributed by atoms with Gasteiger partial charge in [0.1, 0.15) is 30.2 Å². The summed E-state index contributed by atoms with van der Waals surface area (Å²) in [5, 5.41) is 48.8. The topological polar surface area (TPSA) is 172 Å². The monoisotopic (exact) mass is 404 g/mol. The molecule has 0 amide bonds. The standard InChI is InChI=1S/C17H24O11/c1-25-15(24)7-5-26-16(10-6(3-18)2-8(20)11(7)10)28-17-14(23)13(22)12(21)9(4-19)27-17/h5-6,9-14,16-19,21-23H,2-4H2,1H3/t6-,9-,10-,11+,12-,13+,14-,16+,17+/m1/s1. The molecule has 0 spiro atoms. The van der Waals surface area contributed by atoms with E-state index in [0.29, 0.717) is 0 Å². The van der Waals surface area contributed by atoms with Gasteiger partial charge in [0.25, 0.3) is 0 Å². The third-order valence-electron chi connectivity index (χ3n) is 5.49. The number of Topliss-reactive ketones (excluding diaryl/α,β-unsaturated/α-hetero) is 1. The highest BCUT2D eigenvalue weighted by Gasteiger charge is 2.55. The molecule has 158 valence electrons. The van der Waals surface area contributed by atoms with Gasteiger partial charge in [-0.05, 0) is 5.92 Å². The number of hydrogen-bond donors (Lipinski definition) is 5. The number of ketones is 1. The summed E-state index contributed by atoms with van der Waals surface area (Å²) in [5.74, 6) is -3.28. The molecule has 1 saturated heterocycles. The molecule has 0 aromatic rings. The summed E-state index contributed by atoms with van der Waals surface area (Å²) in [5.41, 5.74) is 0.00195. The highest BCUT2D eigenvalue weighted by Crippen LogP contribution is 2.45. The number of aliphatic hydroxyl groups excluding tert-OH is 5. The predicted molar refractivity (Wildman–Crippen MR) is 87.0 cm³/mol. The largest absolute Gasteiger partial charge is 0.472 e. The van der Waals surface area contributed by atoms with Gasteiger partial charge in [-0.1, -0.05) is 0 Å². The summed E-state index contributed by atoms with van der Waals surface area (Å²) < 4.78 is 21.0. The number of hydrogen-bond acceptors (Lipinski definition) is 11. The van der Waals surface area contributed by atoms with Crippen molar-refractivity contribution in [2.75, 3.05) is 20.3 Å². The molecule has 2 aliphatic heterocycles. The molecule has 3 rings (SSSR count). The van der Waals surface area contributed by atoms with Gasteiger partial charge < -0.3 is 44.5 Å². The van der Waals surface area contributed by atoms with E-state index in [1.54, 1.807) is 0 Å². The molecule has 0 unspecified atom stereocenters. The van der Waals surface area contributed by atoms with Crippen LogP contribution in [0.25, 0.3) is 0 Å². The maximum Gasteiger partial charge on any atom is 0.337 e. The molecular formula is C17H24O11. The molecule has 2 heterocycles. The summed E-state index contributed by atoms with van der Waals surface area (Å²) in [4.78, 5) is 24.4. The van der Waals surface area contributed by atoms with Gasteiger partial charge in [0.15, 0.2) is 6.29 Å². The maximum absolute atomic E-state index is 12.4. The maximum atomic E-state index is 12.4. The van der Waals surface area contributed by atoms with Crippen molar-refractivity contribution in [3.05, 3.63) is 11.8 Å². The van der Waals surface area contributed by atoms with Gasteiger partial charge in [-0.25, -0.2) is 4.79 Å². The van der Waals surface area contributed by atoms with Gasteiger partial charge in [-0.15, -0.1) is 0 Å². The normalized spacial score (nSPS) is 43.1. The van der Waals surface area contributed by atoms with E-state index in [9.17, 15) is 35.1 Å². The van der Waals surface area contributed by atoms with Crippen LogP contribution in [0.2, 0.25) is 0 Å². The van der Waals surface area contributed by atoms with Crippen LogP contribution < -0.4 is 0 Å². The van der Waals surface area contributed by atoms with Crippen LogP contribution in [0, 0.1) is 17.8 Å². The van der Waals surface area contributed by atoms with Crippen molar-refractivity contribution in [2.24, 2.45) is 17.8 Å². The highest BCUT2D eigenvalue weighted by atomic mass is 16.8. The third kappa shape index (κ3) is 3.54. The van der Waals surface area contributed by atoms with E-state index in [1.807, 2.05) is 0 Å². The van der Waals surface area contributed by atoms with E-state index < -0.39 is 67.3 Å². The zero-order valence-corrected chi connectivity index (χ0v) is 15.1. The van der Waals surface area contributed by atoms with E-state index >= 15 is 0 Å². The Morgan fingerprint density at radius 3 is 2.46 bits per heavy atom. The number of fused-ring (bicyclic) bond motifs is 1. The molecule has 2 fully saturated rings. The second kappa shape index (κ2) is 8.41. The zero-order chi connectivity index (χ0) is 20.6. The number of esters is 1. The number of aliphatic hydroxyl groups is 5. The van der Waals surface area contributed by atoms with E-state index in [1.165, 1.54) is 0 Å². The molecule has 1 saturated carbocycles. The van der Waals surface area contributed by atoms with Crippen molar-refractivity contribution in [3.8, 4) is 0 Å². The minimum Gasteiger partial charge on any atom is -0.472 e. The molecular weight excluding hydrogens is 380 g/mol. The fourth-order valence-electron chi connectivity index (χ4n) is 3.99. The Bertz CT molecular complexity index is 633. The smallest absolute Gasteiger partial charge is 0.337 e. The minimum absolute atomic E-state index is 0.00192. The molecule has 11 heteroatoms. The quantitative estimate of drug-likeness (QED) is 0.296. The highest BCUT2D eigenvalue weighted by molar-refractivity contribution is 5.99. The summed E-state index contributed by atoms with van der Waals surface area (Å²) >= 11 is 0. The van der Waals surface area contributed by atoms with Gasteiger partial charge in [0.05, 0.1) is 31.5 Å². The Morgan fingerprint density at radius 2 is 1.86 bits per heavy atom. The number of ether oxygens (including phenoxy) is 4. The number of methoxy groups -OCH3 is 1. The van der Waals surface area contributed by atoms with Gasteiger partial charge >= 0.3 is 5.97 Å². The van der Waals surface area contributed by atoms with Gasteiger partial charge in [0, 0.05) is 18.9 Å². The molecule has 0 aromatic heterocycles. The van der Waals surface area contributed by atoms with Crippen LogP contribution >= 0.6 is 0 Å². The lowest BCUT2D eigenvalue weighted by molar-refractivity contribution is -0.342. The number of carbonyl (C=O) groups excluding carboxylic acids is 2. The Balaban J connectivity index is 1.84. The first-order valence-corrected chi connectivity index (χ1v) is 8.87. The number of carbonyl (C=O) groups is 2. The first-order valence-electron chi connectivity index (χ1n) is 8.87. The van der Waals surface area contributed by atoms with Crippen molar-refractivity contribution < 1.29 is 54.1 Å². The zero-order valence-electron chi connectivity index (χ0n) is 15.1. The predicted octanol–water partition coefficient (Wildman–Crippen LogP) is -2.97. The van der Waals surface area contributed by atoms with Crippen LogP contribution in [0.5, 0.6) is 0 Å². The van der Waals surface area contributed by atoms with Gasteiger partial charge in [0.2, 0.25) is 6.29 Å². The summed E-state index contributed by atoms with van der Waals surface area (Å²) in [6.07, 6.45) is -7.66. The van der Waals surface area contributed by atoms with Crippen LogP contribution in [0.4, 0.5) is 0 Å². The lowest BCUT2D eigenvalue weighted by Crippen LogP contribution is -2.60. The van der Waals surface area contributed by atoms with Gasteiger partial charge in [-0.2, -0.15) is 0 Å². The van der Waals surface area contributed by atoms with Crippen molar-refractivity contribution in [2.45, 2.75) is 43.4 Å². The Hall–Kier alpha value is -1.60. The summed E-state index contributed by atoms with van der Waals surface area (Å²) in [7, 11) is 1.16. The Kier molecular flexibility index (Phi) is 6.34. The second-order valence-corrected chi connectivity index (χ2v) is 7.07. The fourth-order valence-corrected chi connectivity index (χ4v) is 3.99. The van der Waals surface area contributed by atoms with Crippen molar-refractivity contribution in [1.29, 1.82) is 0 Å². The van der Waals surface area contributed by atoms with E-state index in [0.717, 1.165) is 13.4 Å². The van der Waals surface area contributed by atoms with E-state index in [4.69, 9.17) is 14.2 Å². The van der Waals surface area contributed by atoms with E-state index in [2.05, 4.69) is 4.74 Å². The molecule has 9 atom stereocenters. The first kappa shape index (κ1) is 21.1. The van der Waals surface area contributed by atoms with Crippen LogP contribution in [-0.4, -0.2) is 94.6 Å². The van der Waals surface area contributed by atoms with Crippen LogP contribution in [0.3, 0.4) is 0 Å². The molecule has 0 bridgehead atoms. The van der Waals surface area contributed by atoms with Crippen LogP contribution in [-0.2, 0) is 28.5 Å². The average Bonchev–Trinajstić information content (AvgIpc) is 3.05. The summed E-state index contributed by atoms with van der Waals surface area (Å²) in [6.45, 7) is -0.994. The summed E-state index contributed by atoms with van der Waals surface area (Å²) in [6, 6.07) is 0. The Labute approximate surface area is 160 Å². The SMILES string of the molecule is COC(=O)C1=CO[C@@H](O[C@@H]2O[C@H](CO)[C@@H](O)[C@H](O)[C@H]2O)[C@@H]2[C@@H](CO)CC(=O)[C@H]12. The first-order chi connectivity index (χ1) is 13.3. The van der Waals surface area contributed by atoms with Crippen LogP contribution in [0.1, 0.15) is 6.42 Å². The fraction of sp³-hybridized carbons (Fsp3) is 0.765. The molecule has 11 nitrogen and oxygen atoms in total. The van der Waals surface area contributed by atoms with Gasteiger partial charge in [-0.3, -0.25) is 4.79 Å². The second-order valence-electron chi connectivity index (χ2n) is 7.07. The molecule has 3 aliphatic rings. The molecule has 28 heavy (non-hydrogen) atoms. The van der Waals surface area contributed by atoms with Crippen LogP contribution in [0.15, 0.2) is 11.8 Å².